The molecule has 0 saturated carbocycles. The van der Waals surface area contributed by atoms with E-state index in [1.807, 2.05) is 24.5 Å². The Bertz CT molecular complexity index is 577. The number of nitrogens with zero attached hydrogens (tertiary/aromatic N) is 2. The maximum absolute atomic E-state index is 9.22. The lowest BCUT2D eigenvalue weighted by molar-refractivity contribution is 0.203. The highest BCUT2D eigenvalue weighted by Crippen LogP contribution is 2.23. The molecular formula is C19H25N3O. The summed E-state index contributed by atoms with van der Waals surface area (Å²) in [6.45, 7) is 4.15. The number of anilines is 1. The minimum Gasteiger partial charge on any atom is -0.396 e. The van der Waals surface area contributed by atoms with Crippen molar-refractivity contribution >= 4 is 5.69 Å². The van der Waals surface area contributed by atoms with Crippen LogP contribution in [0.4, 0.5) is 5.69 Å². The molecule has 1 aromatic heterocycles. The van der Waals surface area contributed by atoms with E-state index in [2.05, 4.69) is 39.5 Å². The predicted molar refractivity (Wildman–Crippen MR) is 93.2 cm³/mol. The van der Waals surface area contributed by atoms with Crippen molar-refractivity contribution in [3.05, 3.63) is 59.9 Å². The van der Waals surface area contributed by atoms with Gasteiger partial charge in [0, 0.05) is 50.9 Å². The lowest BCUT2D eigenvalue weighted by Gasteiger charge is -2.33. The van der Waals surface area contributed by atoms with E-state index in [0.29, 0.717) is 12.5 Å². The van der Waals surface area contributed by atoms with Gasteiger partial charge in [-0.15, -0.1) is 0 Å². The molecule has 0 atom stereocenters. The Labute approximate surface area is 138 Å². The molecule has 2 N–H and O–H groups in total. The zero-order chi connectivity index (χ0) is 15.9. The zero-order valence-electron chi connectivity index (χ0n) is 13.5. The number of aromatic nitrogens is 1. The van der Waals surface area contributed by atoms with Gasteiger partial charge in [-0.3, -0.25) is 4.98 Å². The van der Waals surface area contributed by atoms with Crippen molar-refractivity contribution < 1.29 is 5.11 Å². The van der Waals surface area contributed by atoms with E-state index in [-0.39, 0.29) is 0 Å². The van der Waals surface area contributed by atoms with Gasteiger partial charge in [0.25, 0.3) is 0 Å². The minimum absolute atomic E-state index is 0.329. The third kappa shape index (κ3) is 4.53. The van der Waals surface area contributed by atoms with Gasteiger partial charge < -0.3 is 15.3 Å². The molecule has 3 rings (SSSR count). The number of nitrogens with one attached hydrogen (secondary N) is 1. The number of pyridine rings is 1. The monoisotopic (exact) mass is 311 g/mol. The number of aliphatic hydroxyl groups excluding tert-OH is 1. The molecule has 1 aliphatic rings. The second-order valence-electron chi connectivity index (χ2n) is 6.24. The van der Waals surface area contributed by atoms with Gasteiger partial charge in [-0.25, -0.2) is 0 Å². The molecule has 0 bridgehead atoms. The molecule has 2 heterocycles. The number of aliphatic hydroxyl groups is 1. The highest BCUT2D eigenvalue weighted by atomic mass is 16.3. The van der Waals surface area contributed by atoms with E-state index in [0.717, 1.165) is 39.0 Å². The number of hydrogen-bond acceptors (Lipinski definition) is 4. The fraction of sp³-hybridized carbons (Fsp3) is 0.421. The largest absolute Gasteiger partial charge is 0.396 e. The van der Waals surface area contributed by atoms with E-state index in [1.54, 1.807) is 0 Å². The van der Waals surface area contributed by atoms with Crippen LogP contribution >= 0.6 is 0 Å². The predicted octanol–water partition coefficient (Wildman–Crippen LogP) is 2.58. The van der Waals surface area contributed by atoms with Crippen molar-refractivity contribution in [3.8, 4) is 0 Å². The molecule has 1 fully saturated rings. The van der Waals surface area contributed by atoms with Gasteiger partial charge in [0.2, 0.25) is 0 Å². The molecule has 2 aromatic rings. The van der Waals surface area contributed by atoms with Crippen LogP contribution in [0.25, 0.3) is 0 Å². The molecule has 1 aliphatic heterocycles. The molecule has 4 nitrogen and oxygen atoms in total. The van der Waals surface area contributed by atoms with Crippen LogP contribution in [0.2, 0.25) is 0 Å². The summed E-state index contributed by atoms with van der Waals surface area (Å²) in [4.78, 5) is 6.45. The van der Waals surface area contributed by atoms with Gasteiger partial charge in [-0.05, 0) is 54.2 Å². The Morgan fingerprint density at radius 1 is 0.957 bits per heavy atom. The standard InChI is InChI=1S/C19H25N3O/c23-15-18-7-11-22(12-8-18)19-3-1-16(2-4-19)13-21-14-17-5-9-20-10-6-17/h1-6,9-10,18,21,23H,7-8,11-15H2. The first-order valence-corrected chi connectivity index (χ1v) is 8.39. The highest BCUT2D eigenvalue weighted by Gasteiger charge is 2.18. The average Bonchev–Trinajstić information content (AvgIpc) is 2.63. The van der Waals surface area contributed by atoms with Gasteiger partial charge in [0.15, 0.2) is 0 Å². The molecule has 1 saturated heterocycles. The van der Waals surface area contributed by atoms with Crippen LogP contribution in [0.3, 0.4) is 0 Å². The first-order valence-electron chi connectivity index (χ1n) is 8.39. The molecule has 4 heteroatoms. The molecule has 0 spiro atoms. The SMILES string of the molecule is OCC1CCN(c2ccc(CNCc3ccncc3)cc2)CC1. The van der Waals surface area contributed by atoms with Crippen LogP contribution in [-0.2, 0) is 13.1 Å². The Kier molecular flexibility index (Phi) is 5.61. The molecule has 0 amide bonds. The third-order valence-corrected chi connectivity index (χ3v) is 4.58. The van der Waals surface area contributed by atoms with E-state index in [9.17, 15) is 5.11 Å². The summed E-state index contributed by atoms with van der Waals surface area (Å²) in [5, 5.41) is 12.7. The zero-order valence-corrected chi connectivity index (χ0v) is 13.5. The van der Waals surface area contributed by atoms with E-state index < -0.39 is 0 Å². The van der Waals surface area contributed by atoms with Gasteiger partial charge in [-0.1, -0.05) is 12.1 Å². The number of rotatable bonds is 6. The first kappa shape index (κ1) is 16.0. The van der Waals surface area contributed by atoms with Gasteiger partial charge in [0.1, 0.15) is 0 Å². The normalized spacial score (nSPS) is 15.8. The number of hydrogen-bond donors (Lipinski definition) is 2. The van der Waals surface area contributed by atoms with Crippen molar-refractivity contribution in [2.75, 3.05) is 24.6 Å². The van der Waals surface area contributed by atoms with Crippen LogP contribution in [0.15, 0.2) is 48.8 Å². The average molecular weight is 311 g/mol. The minimum atomic E-state index is 0.329. The van der Waals surface area contributed by atoms with E-state index >= 15 is 0 Å². The van der Waals surface area contributed by atoms with E-state index in [4.69, 9.17) is 0 Å². The van der Waals surface area contributed by atoms with Crippen LogP contribution in [-0.4, -0.2) is 29.8 Å². The van der Waals surface area contributed by atoms with Crippen molar-refractivity contribution in [1.82, 2.24) is 10.3 Å². The quantitative estimate of drug-likeness (QED) is 0.861. The second-order valence-corrected chi connectivity index (χ2v) is 6.24. The Balaban J connectivity index is 1.47. The fourth-order valence-corrected chi connectivity index (χ4v) is 3.05. The highest BCUT2D eigenvalue weighted by molar-refractivity contribution is 5.48. The number of piperidine rings is 1. The maximum atomic E-state index is 9.22. The van der Waals surface area contributed by atoms with Gasteiger partial charge >= 0.3 is 0 Å². The summed E-state index contributed by atoms with van der Waals surface area (Å²) >= 11 is 0. The van der Waals surface area contributed by atoms with Gasteiger partial charge in [-0.2, -0.15) is 0 Å². The fourth-order valence-electron chi connectivity index (χ4n) is 3.05. The molecule has 0 aliphatic carbocycles. The molecule has 122 valence electrons. The number of benzene rings is 1. The van der Waals surface area contributed by atoms with E-state index in [1.165, 1.54) is 16.8 Å². The molecule has 1 aromatic carbocycles. The van der Waals surface area contributed by atoms with Crippen LogP contribution in [0, 0.1) is 5.92 Å². The molecule has 0 unspecified atom stereocenters. The Hall–Kier alpha value is -1.91. The second kappa shape index (κ2) is 8.09. The van der Waals surface area contributed by atoms with Crippen molar-refractivity contribution in [3.63, 3.8) is 0 Å². The summed E-state index contributed by atoms with van der Waals surface area (Å²) in [7, 11) is 0. The summed E-state index contributed by atoms with van der Waals surface area (Å²) in [5.74, 6) is 0.489. The van der Waals surface area contributed by atoms with Crippen molar-refractivity contribution in [2.45, 2.75) is 25.9 Å². The van der Waals surface area contributed by atoms with Crippen molar-refractivity contribution in [1.29, 1.82) is 0 Å². The third-order valence-electron chi connectivity index (χ3n) is 4.58. The first-order chi connectivity index (χ1) is 11.3. The Morgan fingerprint density at radius 2 is 1.57 bits per heavy atom. The summed E-state index contributed by atoms with van der Waals surface area (Å²) in [6.07, 6.45) is 5.83. The van der Waals surface area contributed by atoms with Crippen LogP contribution in [0.5, 0.6) is 0 Å². The molecular weight excluding hydrogens is 286 g/mol. The molecule has 23 heavy (non-hydrogen) atoms. The summed E-state index contributed by atoms with van der Waals surface area (Å²) < 4.78 is 0. The Morgan fingerprint density at radius 3 is 2.17 bits per heavy atom. The molecule has 0 radical (unpaired) electrons. The smallest absolute Gasteiger partial charge is 0.0460 e. The lowest BCUT2D eigenvalue weighted by Crippen LogP contribution is -2.34. The van der Waals surface area contributed by atoms with Crippen LogP contribution < -0.4 is 10.2 Å². The maximum Gasteiger partial charge on any atom is 0.0460 e. The topological polar surface area (TPSA) is 48.4 Å². The van der Waals surface area contributed by atoms with Crippen molar-refractivity contribution in [2.24, 2.45) is 5.92 Å². The summed E-state index contributed by atoms with van der Waals surface area (Å²) in [6, 6.07) is 12.9. The van der Waals surface area contributed by atoms with Gasteiger partial charge in [0.05, 0.1) is 0 Å². The lowest BCUT2D eigenvalue weighted by atomic mass is 9.97. The van der Waals surface area contributed by atoms with Crippen LogP contribution in [0.1, 0.15) is 24.0 Å². The summed E-state index contributed by atoms with van der Waals surface area (Å²) in [5.41, 5.74) is 3.84.